The number of non-ortho nitro benzene ring substituents is 1. The van der Waals surface area contributed by atoms with Gasteiger partial charge in [0.2, 0.25) is 0 Å². The molecule has 9 heteroatoms. The maximum absolute atomic E-state index is 10.8. The first-order valence-electron chi connectivity index (χ1n) is 9.68. The Labute approximate surface area is 183 Å². The lowest BCUT2D eigenvalue weighted by Crippen LogP contribution is -1.96. The van der Waals surface area contributed by atoms with Crippen LogP contribution in [-0.2, 0) is 6.61 Å². The summed E-state index contributed by atoms with van der Waals surface area (Å²) in [5.41, 5.74) is 3.29. The summed E-state index contributed by atoms with van der Waals surface area (Å²) in [6.07, 6.45) is 1.72. The Morgan fingerprint density at radius 2 is 1.53 bits per heavy atom. The summed E-state index contributed by atoms with van der Waals surface area (Å²) >= 11 is 0. The van der Waals surface area contributed by atoms with Gasteiger partial charge in [0.25, 0.3) is 5.69 Å². The van der Waals surface area contributed by atoms with Crippen LogP contribution < -0.4 is 14.2 Å². The van der Waals surface area contributed by atoms with E-state index in [2.05, 4.69) is 10.3 Å². The van der Waals surface area contributed by atoms with E-state index >= 15 is 0 Å². The number of methoxy groups -OCH3 is 2. The second-order valence-electron chi connectivity index (χ2n) is 6.84. The molecule has 32 heavy (non-hydrogen) atoms. The van der Waals surface area contributed by atoms with Crippen LogP contribution in [-0.4, -0.2) is 34.1 Å². The van der Waals surface area contributed by atoms with E-state index < -0.39 is 4.92 Å². The van der Waals surface area contributed by atoms with E-state index in [0.29, 0.717) is 17.1 Å². The van der Waals surface area contributed by atoms with Crippen molar-refractivity contribution in [2.75, 3.05) is 14.2 Å². The Morgan fingerprint density at radius 1 is 0.875 bits per heavy atom. The third-order valence-electron chi connectivity index (χ3n) is 4.79. The van der Waals surface area contributed by atoms with Gasteiger partial charge in [0.1, 0.15) is 29.5 Å². The molecule has 0 saturated heterocycles. The molecule has 0 aliphatic rings. The number of nitro benzene ring substituents is 1. The van der Waals surface area contributed by atoms with E-state index in [-0.39, 0.29) is 12.3 Å². The number of hydrogen-bond acceptors (Lipinski definition) is 7. The summed E-state index contributed by atoms with van der Waals surface area (Å²) < 4.78 is 18.0. The van der Waals surface area contributed by atoms with E-state index in [1.165, 1.54) is 12.1 Å². The lowest BCUT2D eigenvalue weighted by Gasteiger charge is -2.10. The van der Waals surface area contributed by atoms with Crippen LogP contribution in [0.25, 0.3) is 16.8 Å². The molecule has 3 aromatic carbocycles. The number of aromatic nitrogens is 3. The zero-order valence-corrected chi connectivity index (χ0v) is 17.5. The van der Waals surface area contributed by atoms with Gasteiger partial charge < -0.3 is 14.2 Å². The molecule has 9 nitrogen and oxygen atoms in total. The molecule has 4 aromatic rings. The number of benzene rings is 3. The van der Waals surface area contributed by atoms with Crippen LogP contribution >= 0.6 is 0 Å². The monoisotopic (exact) mass is 432 g/mol. The minimum atomic E-state index is -0.444. The zero-order chi connectivity index (χ0) is 22.5. The molecule has 0 spiro atoms. The van der Waals surface area contributed by atoms with Crippen LogP contribution in [0.4, 0.5) is 5.69 Å². The molecule has 0 aliphatic carbocycles. The van der Waals surface area contributed by atoms with Gasteiger partial charge in [-0.25, -0.2) is 4.68 Å². The predicted molar refractivity (Wildman–Crippen MR) is 117 cm³/mol. The third kappa shape index (κ3) is 4.67. The number of rotatable bonds is 8. The van der Waals surface area contributed by atoms with Gasteiger partial charge in [0.15, 0.2) is 0 Å². The average Bonchev–Trinajstić information content (AvgIpc) is 3.32. The largest absolute Gasteiger partial charge is 0.497 e. The van der Waals surface area contributed by atoms with Gasteiger partial charge in [-0.3, -0.25) is 10.1 Å². The normalized spacial score (nSPS) is 10.6. The van der Waals surface area contributed by atoms with Crippen molar-refractivity contribution in [3.8, 4) is 34.1 Å². The van der Waals surface area contributed by atoms with E-state index in [0.717, 1.165) is 22.6 Å². The minimum absolute atomic E-state index is 0.0215. The van der Waals surface area contributed by atoms with Crippen molar-refractivity contribution in [2.45, 2.75) is 6.61 Å². The summed E-state index contributed by atoms with van der Waals surface area (Å²) in [6.45, 7) is 0.235. The highest BCUT2D eigenvalue weighted by atomic mass is 16.6. The molecule has 0 unspecified atom stereocenters. The molecular weight excluding hydrogens is 412 g/mol. The fourth-order valence-corrected chi connectivity index (χ4v) is 3.09. The molecule has 1 aromatic heterocycles. The fourth-order valence-electron chi connectivity index (χ4n) is 3.09. The Hall–Kier alpha value is -4.40. The first-order valence-corrected chi connectivity index (χ1v) is 9.68. The van der Waals surface area contributed by atoms with Crippen molar-refractivity contribution < 1.29 is 19.1 Å². The standard InChI is InChI=1S/C23H20N4O5/c1-30-22-11-17(12-23(13-22)31-2)16-3-9-21(10-4-16)32-15-18-14-26(25-24-18)19-5-7-20(8-6-19)27(28)29/h3-14H,15H2,1-2H3. The highest BCUT2D eigenvalue weighted by molar-refractivity contribution is 5.68. The molecule has 0 fully saturated rings. The van der Waals surface area contributed by atoms with Crippen LogP contribution in [0.3, 0.4) is 0 Å². The lowest BCUT2D eigenvalue weighted by atomic mass is 10.0. The van der Waals surface area contributed by atoms with E-state index in [1.54, 1.807) is 37.2 Å². The molecule has 162 valence electrons. The van der Waals surface area contributed by atoms with Crippen LogP contribution in [0, 0.1) is 10.1 Å². The summed E-state index contributed by atoms with van der Waals surface area (Å²) in [5, 5.41) is 18.9. The van der Waals surface area contributed by atoms with Gasteiger partial charge in [0, 0.05) is 18.2 Å². The smallest absolute Gasteiger partial charge is 0.269 e. The van der Waals surface area contributed by atoms with Gasteiger partial charge in [-0.2, -0.15) is 0 Å². The summed E-state index contributed by atoms with van der Waals surface area (Å²) in [7, 11) is 3.24. The number of hydrogen-bond donors (Lipinski definition) is 0. The van der Waals surface area contributed by atoms with E-state index in [1.807, 2.05) is 42.5 Å². The molecule has 0 aliphatic heterocycles. The predicted octanol–water partition coefficient (Wildman–Crippen LogP) is 4.44. The molecule has 0 bridgehead atoms. The maximum Gasteiger partial charge on any atom is 0.269 e. The van der Waals surface area contributed by atoms with Gasteiger partial charge in [-0.05, 0) is 47.5 Å². The Bertz CT molecular complexity index is 1200. The van der Waals surface area contributed by atoms with Crippen molar-refractivity contribution >= 4 is 5.69 Å². The highest BCUT2D eigenvalue weighted by Gasteiger charge is 2.08. The van der Waals surface area contributed by atoms with Crippen LogP contribution in [0.2, 0.25) is 0 Å². The highest BCUT2D eigenvalue weighted by Crippen LogP contribution is 2.30. The number of nitrogens with zero attached hydrogens (tertiary/aromatic N) is 4. The van der Waals surface area contributed by atoms with Crippen molar-refractivity contribution in [3.05, 3.63) is 88.7 Å². The van der Waals surface area contributed by atoms with Gasteiger partial charge in [0.05, 0.1) is 31.0 Å². The molecule has 0 radical (unpaired) electrons. The zero-order valence-electron chi connectivity index (χ0n) is 17.5. The number of nitro groups is 1. The SMILES string of the molecule is COc1cc(OC)cc(-c2ccc(OCc3cn(-c4ccc([N+](=O)[O-])cc4)nn3)cc2)c1. The Morgan fingerprint density at radius 3 is 2.12 bits per heavy atom. The number of ether oxygens (including phenoxy) is 3. The van der Waals surface area contributed by atoms with Crippen molar-refractivity contribution in [1.29, 1.82) is 0 Å². The van der Waals surface area contributed by atoms with Crippen LogP contribution in [0.1, 0.15) is 5.69 Å². The Kier molecular flexibility index (Phi) is 5.98. The summed E-state index contributed by atoms with van der Waals surface area (Å²) in [6, 6.07) is 19.4. The first-order chi connectivity index (χ1) is 15.6. The van der Waals surface area contributed by atoms with Gasteiger partial charge >= 0.3 is 0 Å². The quantitative estimate of drug-likeness (QED) is 0.300. The molecule has 4 rings (SSSR count). The summed E-state index contributed by atoms with van der Waals surface area (Å²) in [5.74, 6) is 2.13. The topological polar surface area (TPSA) is 102 Å². The van der Waals surface area contributed by atoms with E-state index in [9.17, 15) is 10.1 Å². The summed E-state index contributed by atoms with van der Waals surface area (Å²) in [4.78, 5) is 10.3. The maximum atomic E-state index is 10.8. The molecule has 0 amide bonds. The second kappa shape index (κ2) is 9.17. The third-order valence-corrected chi connectivity index (χ3v) is 4.79. The minimum Gasteiger partial charge on any atom is -0.497 e. The molecule has 0 saturated carbocycles. The van der Waals surface area contributed by atoms with Crippen molar-refractivity contribution in [2.24, 2.45) is 0 Å². The first kappa shape index (κ1) is 20.9. The molecule has 0 N–H and O–H groups in total. The molecular formula is C23H20N4O5. The van der Waals surface area contributed by atoms with Crippen molar-refractivity contribution in [1.82, 2.24) is 15.0 Å². The van der Waals surface area contributed by atoms with Crippen molar-refractivity contribution in [3.63, 3.8) is 0 Å². The average molecular weight is 432 g/mol. The van der Waals surface area contributed by atoms with Gasteiger partial charge in [-0.15, -0.1) is 5.10 Å². The van der Waals surface area contributed by atoms with Crippen LogP contribution in [0.5, 0.6) is 17.2 Å². The fraction of sp³-hybridized carbons (Fsp3) is 0.130. The van der Waals surface area contributed by atoms with Crippen LogP contribution in [0.15, 0.2) is 72.9 Å². The van der Waals surface area contributed by atoms with E-state index in [4.69, 9.17) is 14.2 Å². The molecule has 0 atom stereocenters. The lowest BCUT2D eigenvalue weighted by molar-refractivity contribution is -0.384. The Balaban J connectivity index is 1.41. The second-order valence-corrected chi connectivity index (χ2v) is 6.84. The molecule has 1 heterocycles. The van der Waals surface area contributed by atoms with Gasteiger partial charge in [-0.1, -0.05) is 17.3 Å².